The van der Waals surface area contributed by atoms with Gasteiger partial charge in [0.25, 0.3) is 0 Å². The average molecular weight is 372 g/mol. The summed E-state index contributed by atoms with van der Waals surface area (Å²) >= 11 is 11.3. The van der Waals surface area contributed by atoms with Crippen molar-refractivity contribution < 1.29 is 24.5 Å². The number of nitrogens with one attached hydrogen (secondary N) is 1. The smallest absolute Gasteiger partial charge is 0.409 e. The predicted octanol–water partition coefficient (Wildman–Crippen LogP) is 4.54. The van der Waals surface area contributed by atoms with Gasteiger partial charge in [-0.25, -0.2) is 9.59 Å². The molecular weight excluding hydrogens is 357 g/mol. The molecule has 0 aliphatic rings. The summed E-state index contributed by atoms with van der Waals surface area (Å²) in [4.78, 5) is 20.3. The molecule has 2 rings (SSSR count). The largest absolute Gasteiger partial charge is 0.480 e. The minimum Gasteiger partial charge on any atom is -0.480 e. The van der Waals surface area contributed by atoms with Crippen molar-refractivity contribution in [3.63, 3.8) is 0 Å². The van der Waals surface area contributed by atoms with Crippen molar-refractivity contribution in [2.24, 2.45) is 0 Å². The highest BCUT2D eigenvalue weighted by Crippen LogP contribution is 2.27. The molecule has 0 spiro atoms. The number of anilines is 1. The maximum absolute atomic E-state index is 10.2. The van der Waals surface area contributed by atoms with E-state index in [9.17, 15) is 9.59 Å². The Labute approximate surface area is 148 Å². The summed E-state index contributed by atoms with van der Waals surface area (Å²) in [7, 11) is 0. The van der Waals surface area contributed by atoms with E-state index >= 15 is 0 Å². The van der Waals surface area contributed by atoms with Gasteiger partial charge in [0.05, 0.1) is 5.02 Å². The number of carboxylic acids is 1. The number of carboxylic acid groups (broad SMARTS) is 2. The lowest BCUT2D eigenvalue weighted by Crippen LogP contribution is -2.09. The Morgan fingerprint density at radius 3 is 2.38 bits per heavy atom. The van der Waals surface area contributed by atoms with Crippen LogP contribution in [0.5, 0.6) is 5.75 Å². The lowest BCUT2D eigenvalue weighted by molar-refractivity contribution is -0.139. The third kappa shape index (κ3) is 7.71. The van der Waals surface area contributed by atoms with Gasteiger partial charge < -0.3 is 14.9 Å². The van der Waals surface area contributed by atoms with Crippen LogP contribution < -0.4 is 10.1 Å². The van der Waals surface area contributed by atoms with E-state index in [1.54, 1.807) is 24.3 Å². The standard InChI is InChI=1S/C8H6Cl2O3.C8H9NO2/c9-5-1-2-7(6(10)3-5)13-4-8(11)12;1-6-3-2-4-7(5-6)9-8(10)11/h1-3H,4H2,(H,11,12);2-5,9H,1H3,(H,10,11). The van der Waals surface area contributed by atoms with E-state index in [1.807, 2.05) is 13.0 Å². The maximum atomic E-state index is 10.2. The average Bonchev–Trinajstić information content (AvgIpc) is 2.46. The zero-order valence-corrected chi connectivity index (χ0v) is 14.1. The molecule has 0 bridgehead atoms. The van der Waals surface area contributed by atoms with Gasteiger partial charge in [-0.1, -0.05) is 35.3 Å². The summed E-state index contributed by atoms with van der Waals surface area (Å²) in [5, 5.41) is 19.7. The molecule has 0 unspecified atom stereocenters. The van der Waals surface area contributed by atoms with Crippen LogP contribution in [0.15, 0.2) is 42.5 Å². The summed E-state index contributed by atoms with van der Waals surface area (Å²) in [5.41, 5.74) is 1.65. The summed E-state index contributed by atoms with van der Waals surface area (Å²) in [5.74, 6) is -0.737. The number of hydrogen-bond acceptors (Lipinski definition) is 3. The Morgan fingerprint density at radius 1 is 1.12 bits per heavy atom. The highest BCUT2D eigenvalue weighted by atomic mass is 35.5. The van der Waals surface area contributed by atoms with Gasteiger partial charge >= 0.3 is 12.1 Å². The molecule has 0 aliphatic heterocycles. The topological polar surface area (TPSA) is 95.9 Å². The van der Waals surface area contributed by atoms with Gasteiger partial charge in [-0.15, -0.1) is 0 Å². The molecule has 0 atom stereocenters. The Bertz CT molecular complexity index is 721. The van der Waals surface area contributed by atoms with Gasteiger partial charge in [-0.05, 0) is 42.8 Å². The number of hydrogen-bond donors (Lipinski definition) is 3. The van der Waals surface area contributed by atoms with Gasteiger partial charge in [-0.2, -0.15) is 0 Å². The van der Waals surface area contributed by atoms with E-state index in [-0.39, 0.29) is 0 Å². The minimum absolute atomic E-state index is 0.300. The summed E-state index contributed by atoms with van der Waals surface area (Å²) in [6.45, 7) is 1.49. The Kier molecular flexibility index (Phi) is 7.88. The molecule has 24 heavy (non-hydrogen) atoms. The van der Waals surface area contributed by atoms with Crippen LogP contribution in [0.1, 0.15) is 5.56 Å². The van der Waals surface area contributed by atoms with E-state index in [0.29, 0.717) is 21.5 Å². The number of halogens is 2. The quantitative estimate of drug-likeness (QED) is 0.732. The molecule has 0 fully saturated rings. The van der Waals surface area contributed by atoms with Crippen LogP contribution in [0.3, 0.4) is 0 Å². The van der Waals surface area contributed by atoms with Crippen LogP contribution >= 0.6 is 23.2 Å². The van der Waals surface area contributed by atoms with Crippen LogP contribution in [-0.2, 0) is 4.79 Å². The molecule has 8 heteroatoms. The van der Waals surface area contributed by atoms with Crippen molar-refractivity contribution in [3.8, 4) is 5.75 Å². The number of rotatable bonds is 4. The van der Waals surface area contributed by atoms with E-state index in [4.69, 9.17) is 38.2 Å². The molecule has 2 aromatic rings. The molecular formula is C16H15Cl2NO5. The monoisotopic (exact) mass is 371 g/mol. The molecule has 0 saturated heterocycles. The first-order valence-electron chi connectivity index (χ1n) is 6.64. The molecule has 0 radical (unpaired) electrons. The van der Waals surface area contributed by atoms with E-state index in [1.165, 1.54) is 12.1 Å². The molecule has 0 aromatic heterocycles. The van der Waals surface area contributed by atoms with Gasteiger partial charge in [0.2, 0.25) is 0 Å². The van der Waals surface area contributed by atoms with Gasteiger partial charge in [0, 0.05) is 10.7 Å². The Morgan fingerprint density at radius 2 is 1.83 bits per heavy atom. The first-order chi connectivity index (χ1) is 11.3. The lowest BCUT2D eigenvalue weighted by Gasteiger charge is -2.04. The van der Waals surface area contributed by atoms with Crippen molar-refractivity contribution >= 4 is 41.0 Å². The highest BCUT2D eigenvalue weighted by Gasteiger charge is 2.04. The first-order valence-corrected chi connectivity index (χ1v) is 7.40. The Balaban J connectivity index is 0.000000243. The van der Waals surface area contributed by atoms with Crippen LogP contribution in [0, 0.1) is 6.92 Å². The van der Waals surface area contributed by atoms with Crippen molar-refractivity contribution in [1.29, 1.82) is 0 Å². The summed E-state index contributed by atoms with van der Waals surface area (Å²) in [6.07, 6.45) is -1.03. The number of aryl methyl sites for hydroxylation is 1. The molecule has 0 heterocycles. The van der Waals surface area contributed by atoms with Crippen LogP contribution in [-0.4, -0.2) is 28.9 Å². The van der Waals surface area contributed by atoms with Gasteiger partial charge in [0.15, 0.2) is 6.61 Å². The second-order valence-corrected chi connectivity index (χ2v) is 5.40. The SMILES string of the molecule is Cc1cccc(NC(=O)O)c1.O=C(O)COc1ccc(Cl)cc1Cl. The van der Waals surface area contributed by atoms with Crippen LogP contribution in [0.2, 0.25) is 10.0 Å². The molecule has 1 amide bonds. The summed E-state index contributed by atoms with van der Waals surface area (Å²) < 4.78 is 4.86. The van der Waals surface area contributed by atoms with Crippen molar-refractivity contribution in [3.05, 3.63) is 58.1 Å². The van der Waals surface area contributed by atoms with Crippen LogP contribution in [0.4, 0.5) is 10.5 Å². The van der Waals surface area contributed by atoms with Gasteiger partial charge in [0.1, 0.15) is 5.75 Å². The molecule has 6 nitrogen and oxygen atoms in total. The second-order valence-electron chi connectivity index (χ2n) is 4.56. The van der Waals surface area contributed by atoms with Crippen LogP contribution in [0.25, 0.3) is 0 Å². The fraction of sp³-hybridized carbons (Fsp3) is 0.125. The third-order valence-corrected chi connectivity index (χ3v) is 3.04. The van der Waals surface area contributed by atoms with Crippen molar-refractivity contribution in [2.45, 2.75) is 6.92 Å². The number of carbonyl (C=O) groups is 2. The van der Waals surface area contributed by atoms with E-state index in [2.05, 4.69) is 5.32 Å². The van der Waals surface area contributed by atoms with E-state index in [0.717, 1.165) is 5.56 Å². The normalized spacial score (nSPS) is 9.46. The lowest BCUT2D eigenvalue weighted by atomic mass is 10.2. The fourth-order valence-electron chi connectivity index (χ4n) is 1.58. The van der Waals surface area contributed by atoms with Crippen molar-refractivity contribution in [2.75, 3.05) is 11.9 Å². The molecule has 2 aromatic carbocycles. The minimum atomic E-state index is -1.05. The number of amides is 1. The maximum Gasteiger partial charge on any atom is 0.409 e. The van der Waals surface area contributed by atoms with E-state index < -0.39 is 18.7 Å². The fourth-order valence-corrected chi connectivity index (χ4v) is 2.04. The number of benzene rings is 2. The van der Waals surface area contributed by atoms with Gasteiger partial charge in [-0.3, -0.25) is 5.32 Å². The second kappa shape index (κ2) is 9.64. The zero-order valence-electron chi connectivity index (χ0n) is 12.6. The zero-order chi connectivity index (χ0) is 18.1. The highest BCUT2D eigenvalue weighted by molar-refractivity contribution is 6.35. The molecule has 0 aliphatic carbocycles. The predicted molar refractivity (Wildman–Crippen MR) is 92.4 cm³/mol. The summed E-state index contributed by atoms with van der Waals surface area (Å²) in [6, 6.07) is 11.8. The molecule has 0 saturated carbocycles. The molecule has 3 N–H and O–H groups in total. The number of aliphatic carboxylic acids is 1. The Hall–Kier alpha value is -2.44. The van der Waals surface area contributed by atoms with Crippen molar-refractivity contribution in [1.82, 2.24) is 0 Å². The molecule has 128 valence electrons. The third-order valence-electron chi connectivity index (χ3n) is 2.51. The first kappa shape index (κ1) is 19.6. The number of ether oxygens (including phenoxy) is 1.